The molecule has 4 aromatic rings. The maximum atomic E-state index is 12.8. The van der Waals surface area contributed by atoms with Crippen LogP contribution >= 0.6 is 15.9 Å². The third-order valence-electron chi connectivity index (χ3n) is 4.95. The topological polar surface area (TPSA) is 89.9 Å². The fraction of sp³-hybridized carbons (Fsp3) is 0.0769. The molecule has 0 radical (unpaired) electrons. The molecule has 0 unspecified atom stereocenters. The number of methoxy groups -OCH3 is 1. The third kappa shape index (κ3) is 5.29. The fourth-order valence-electron chi connectivity index (χ4n) is 3.29. The number of fused-ring (bicyclic) bond motifs is 1. The highest BCUT2D eigenvalue weighted by atomic mass is 79.9. The molecule has 1 N–H and O–H groups in total. The molecule has 4 rings (SSSR count). The smallest absolute Gasteiger partial charge is 0.344 e. The molecule has 1 aromatic heterocycles. The monoisotopic (exact) mass is 517 g/mol. The van der Waals surface area contributed by atoms with Crippen LogP contribution in [-0.4, -0.2) is 30.2 Å². The molecule has 0 bridgehead atoms. The van der Waals surface area contributed by atoms with Gasteiger partial charge in [-0.2, -0.15) is 5.10 Å². The van der Waals surface area contributed by atoms with E-state index in [2.05, 4.69) is 31.4 Å². The SMILES string of the molecule is COc1ccc2nc(C)cc(C(=O)NN=Cc3ccc(OC(=O)c4ccccc4Br)cc3)c2c1. The number of nitrogens with zero attached hydrogens (tertiary/aromatic N) is 2. The summed E-state index contributed by atoms with van der Waals surface area (Å²) in [6.45, 7) is 1.83. The van der Waals surface area contributed by atoms with Gasteiger partial charge < -0.3 is 9.47 Å². The van der Waals surface area contributed by atoms with Gasteiger partial charge in [-0.05, 0) is 89.1 Å². The molecule has 1 heterocycles. The molecule has 34 heavy (non-hydrogen) atoms. The molecule has 0 saturated carbocycles. The van der Waals surface area contributed by atoms with Crippen molar-refractivity contribution in [3.05, 3.63) is 99.7 Å². The normalized spacial score (nSPS) is 10.9. The Bertz CT molecular complexity index is 1400. The van der Waals surface area contributed by atoms with E-state index >= 15 is 0 Å². The molecule has 7 nitrogen and oxygen atoms in total. The number of halogens is 1. The lowest BCUT2D eigenvalue weighted by Gasteiger charge is -2.08. The van der Waals surface area contributed by atoms with Gasteiger partial charge >= 0.3 is 5.97 Å². The Labute approximate surface area is 204 Å². The number of aryl methyl sites for hydroxylation is 1. The zero-order valence-electron chi connectivity index (χ0n) is 18.4. The number of hydrogen-bond donors (Lipinski definition) is 1. The first-order chi connectivity index (χ1) is 16.4. The van der Waals surface area contributed by atoms with Crippen LogP contribution in [0.5, 0.6) is 11.5 Å². The van der Waals surface area contributed by atoms with Crippen LogP contribution < -0.4 is 14.9 Å². The van der Waals surface area contributed by atoms with Crippen molar-refractivity contribution in [1.82, 2.24) is 10.4 Å². The van der Waals surface area contributed by atoms with Gasteiger partial charge in [0.2, 0.25) is 0 Å². The van der Waals surface area contributed by atoms with E-state index in [1.54, 1.807) is 67.8 Å². The van der Waals surface area contributed by atoms with E-state index in [4.69, 9.17) is 9.47 Å². The van der Waals surface area contributed by atoms with Gasteiger partial charge in [0.25, 0.3) is 5.91 Å². The first-order valence-electron chi connectivity index (χ1n) is 10.3. The highest BCUT2D eigenvalue weighted by molar-refractivity contribution is 9.10. The third-order valence-corrected chi connectivity index (χ3v) is 5.64. The van der Waals surface area contributed by atoms with Crippen molar-refractivity contribution >= 4 is 44.9 Å². The average molecular weight is 518 g/mol. The molecule has 170 valence electrons. The molecule has 0 aliphatic carbocycles. The zero-order valence-corrected chi connectivity index (χ0v) is 20.0. The summed E-state index contributed by atoms with van der Waals surface area (Å²) in [5.41, 5.74) is 5.58. The number of benzene rings is 3. The lowest BCUT2D eigenvalue weighted by Crippen LogP contribution is -2.18. The first-order valence-corrected chi connectivity index (χ1v) is 11.1. The lowest BCUT2D eigenvalue weighted by atomic mass is 10.1. The maximum Gasteiger partial charge on any atom is 0.344 e. The summed E-state index contributed by atoms with van der Waals surface area (Å²) in [7, 11) is 1.57. The lowest BCUT2D eigenvalue weighted by molar-refractivity contribution is 0.0733. The first kappa shape index (κ1) is 23.1. The van der Waals surface area contributed by atoms with Crippen LogP contribution in [0.4, 0.5) is 0 Å². The van der Waals surface area contributed by atoms with E-state index in [-0.39, 0.29) is 5.91 Å². The van der Waals surface area contributed by atoms with Gasteiger partial charge in [0.05, 0.1) is 30.0 Å². The second-order valence-corrected chi connectivity index (χ2v) is 8.19. The van der Waals surface area contributed by atoms with Gasteiger partial charge in [-0.1, -0.05) is 12.1 Å². The van der Waals surface area contributed by atoms with Crippen LogP contribution in [0.2, 0.25) is 0 Å². The van der Waals surface area contributed by atoms with Crippen LogP contribution in [0.25, 0.3) is 10.9 Å². The van der Waals surface area contributed by atoms with Crippen LogP contribution in [-0.2, 0) is 0 Å². The van der Waals surface area contributed by atoms with Crippen molar-refractivity contribution in [2.75, 3.05) is 7.11 Å². The molecule has 8 heteroatoms. The number of hydrogen-bond acceptors (Lipinski definition) is 6. The number of hydrazone groups is 1. The molecule has 0 spiro atoms. The molecular weight excluding hydrogens is 498 g/mol. The van der Waals surface area contributed by atoms with E-state index in [1.165, 1.54) is 6.21 Å². The summed E-state index contributed by atoms with van der Waals surface area (Å²) in [5.74, 6) is 0.211. The number of pyridine rings is 1. The minimum absolute atomic E-state index is 0.362. The highest BCUT2D eigenvalue weighted by Crippen LogP contribution is 2.24. The number of nitrogens with one attached hydrogen (secondary N) is 1. The average Bonchev–Trinajstić information content (AvgIpc) is 2.84. The Balaban J connectivity index is 1.43. The van der Waals surface area contributed by atoms with Gasteiger partial charge in [0, 0.05) is 15.6 Å². The standard InChI is InChI=1S/C26H20BrN3O4/c1-16-13-22(21-14-19(33-2)11-12-24(21)29-16)25(31)30-28-15-17-7-9-18(10-8-17)34-26(32)20-5-3-4-6-23(20)27/h3-15H,1-2H3,(H,30,31). The van der Waals surface area contributed by atoms with E-state index in [1.807, 2.05) is 19.1 Å². The van der Waals surface area contributed by atoms with Crippen LogP contribution in [0.1, 0.15) is 32.0 Å². The number of carbonyl (C=O) groups excluding carboxylic acids is 2. The summed E-state index contributed by atoms with van der Waals surface area (Å²) in [4.78, 5) is 29.6. The zero-order chi connectivity index (χ0) is 24.1. The minimum Gasteiger partial charge on any atom is -0.497 e. The summed E-state index contributed by atoms with van der Waals surface area (Å²) in [5, 5.41) is 4.73. The quantitative estimate of drug-likeness (QED) is 0.162. The second kappa shape index (κ2) is 10.3. The van der Waals surface area contributed by atoms with Crippen molar-refractivity contribution < 1.29 is 19.1 Å². The molecule has 1 amide bonds. The molecule has 0 aliphatic rings. The predicted octanol–water partition coefficient (Wildman–Crippen LogP) is 5.30. The Morgan fingerprint density at radius 2 is 1.71 bits per heavy atom. The van der Waals surface area contributed by atoms with Crippen molar-refractivity contribution in [3.8, 4) is 11.5 Å². The number of esters is 1. The summed E-state index contributed by atoms with van der Waals surface area (Å²) < 4.78 is 11.3. The van der Waals surface area contributed by atoms with E-state index < -0.39 is 5.97 Å². The van der Waals surface area contributed by atoms with Gasteiger partial charge in [0.15, 0.2) is 0 Å². The number of carbonyl (C=O) groups is 2. The molecule has 3 aromatic carbocycles. The Kier molecular flexibility index (Phi) is 6.98. The Morgan fingerprint density at radius 1 is 0.971 bits per heavy atom. The van der Waals surface area contributed by atoms with Gasteiger partial charge in [-0.3, -0.25) is 9.78 Å². The highest BCUT2D eigenvalue weighted by Gasteiger charge is 2.13. The van der Waals surface area contributed by atoms with Crippen LogP contribution in [0, 0.1) is 6.92 Å². The van der Waals surface area contributed by atoms with Crippen LogP contribution in [0.15, 0.2) is 82.4 Å². The fourth-order valence-corrected chi connectivity index (χ4v) is 3.74. The summed E-state index contributed by atoms with van der Waals surface area (Å²) >= 11 is 3.34. The van der Waals surface area contributed by atoms with E-state index in [0.29, 0.717) is 38.0 Å². The number of ether oxygens (including phenoxy) is 2. The van der Waals surface area contributed by atoms with E-state index in [0.717, 1.165) is 11.3 Å². The van der Waals surface area contributed by atoms with E-state index in [9.17, 15) is 9.59 Å². The predicted molar refractivity (Wildman–Crippen MR) is 134 cm³/mol. The largest absolute Gasteiger partial charge is 0.497 e. The molecule has 0 saturated heterocycles. The van der Waals surface area contributed by atoms with Gasteiger partial charge in [-0.25, -0.2) is 10.2 Å². The molecule has 0 atom stereocenters. The van der Waals surface area contributed by atoms with Gasteiger partial charge in [-0.15, -0.1) is 0 Å². The Morgan fingerprint density at radius 3 is 2.44 bits per heavy atom. The Hall–Kier alpha value is -4.04. The number of aromatic nitrogens is 1. The molecular formula is C26H20BrN3O4. The number of rotatable bonds is 6. The minimum atomic E-state index is -0.461. The summed E-state index contributed by atoms with van der Waals surface area (Å²) in [6, 6.07) is 20.9. The summed E-state index contributed by atoms with van der Waals surface area (Å²) in [6.07, 6.45) is 1.51. The van der Waals surface area contributed by atoms with Crippen LogP contribution in [0.3, 0.4) is 0 Å². The number of amides is 1. The maximum absolute atomic E-state index is 12.8. The van der Waals surface area contributed by atoms with Crippen molar-refractivity contribution in [1.29, 1.82) is 0 Å². The molecule has 0 aliphatic heterocycles. The molecule has 0 fully saturated rings. The van der Waals surface area contributed by atoms with Gasteiger partial charge in [0.1, 0.15) is 11.5 Å². The van der Waals surface area contributed by atoms with Crippen molar-refractivity contribution in [2.24, 2.45) is 5.10 Å². The second-order valence-electron chi connectivity index (χ2n) is 7.33. The van der Waals surface area contributed by atoms with Crippen molar-refractivity contribution in [3.63, 3.8) is 0 Å². The van der Waals surface area contributed by atoms with Crippen molar-refractivity contribution in [2.45, 2.75) is 6.92 Å².